The molecule has 4 heteroatoms. The van der Waals surface area contributed by atoms with Crippen molar-refractivity contribution < 1.29 is 4.68 Å². The third-order valence-electron chi connectivity index (χ3n) is 1.00. The molecule has 0 atom stereocenters. The SMILES string of the molecule is C1=N[N+]2=CCSC2=N1. The third kappa shape index (κ3) is 0.432. The Balaban J connectivity index is 2.49. The van der Waals surface area contributed by atoms with Gasteiger partial charge in [-0.25, -0.2) is 0 Å². The fourth-order valence-electron chi connectivity index (χ4n) is 0.650. The summed E-state index contributed by atoms with van der Waals surface area (Å²) < 4.78 is 1.80. The lowest BCUT2D eigenvalue weighted by molar-refractivity contribution is -0.394. The Kier molecular flexibility index (Phi) is 0.754. The average molecular weight is 126 g/mol. The zero-order chi connectivity index (χ0) is 5.40. The second-order valence-electron chi connectivity index (χ2n) is 1.48. The largest absolute Gasteiger partial charge is 0.386 e. The normalized spacial score (nSPS) is 23.0. The van der Waals surface area contributed by atoms with Crippen LogP contribution in [-0.2, 0) is 0 Å². The highest BCUT2D eigenvalue weighted by Gasteiger charge is 2.24. The third-order valence-corrected chi connectivity index (χ3v) is 1.87. The van der Waals surface area contributed by atoms with Gasteiger partial charge in [-0.05, 0) is 21.9 Å². The summed E-state index contributed by atoms with van der Waals surface area (Å²) in [5.41, 5.74) is 0. The molecule has 2 heterocycles. The molecular formula is C4H4N3S+. The van der Waals surface area contributed by atoms with Gasteiger partial charge in [0.25, 0.3) is 6.34 Å². The summed E-state index contributed by atoms with van der Waals surface area (Å²) in [5, 5.41) is 4.93. The van der Waals surface area contributed by atoms with Crippen LogP contribution in [0.3, 0.4) is 0 Å². The maximum Gasteiger partial charge on any atom is 0.386 e. The Morgan fingerprint density at radius 1 is 1.75 bits per heavy atom. The molecule has 0 saturated carbocycles. The van der Waals surface area contributed by atoms with Gasteiger partial charge < -0.3 is 0 Å². The van der Waals surface area contributed by atoms with E-state index in [1.54, 1.807) is 22.8 Å². The van der Waals surface area contributed by atoms with Gasteiger partial charge in [-0.2, -0.15) is 0 Å². The summed E-state index contributed by atoms with van der Waals surface area (Å²) in [4.78, 5) is 3.98. The van der Waals surface area contributed by atoms with Crippen LogP contribution in [0, 0.1) is 0 Å². The van der Waals surface area contributed by atoms with E-state index in [0.29, 0.717) is 0 Å². The number of rotatable bonds is 0. The minimum absolute atomic E-state index is 1.00. The highest BCUT2D eigenvalue weighted by molar-refractivity contribution is 8.14. The number of nitrogens with zero attached hydrogens (tertiary/aromatic N) is 3. The lowest BCUT2D eigenvalue weighted by Gasteiger charge is -1.75. The van der Waals surface area contributed by atoms with Crippen molar-refractivity contribution in [3.63, 3.8) is 0 Å². The summed E-state index contributed by atoms with van der Waals surface area (Å²) in [5.74, 6) is 1.01. The molecule has 2 rings (SSSR count). The summed E-state index contributed by atoms with van der Waals surface area (Å²) in [6.45, 7) is 0. The quantitative estimate of drug-likeness (QED) is 0.424. The molecule has 0 aromatic heterocycles. The van der Waals surface area contributed by atoms with Crippen LogP contribution in [0.15, 0.2) is 10.1 Å². The van der Waals surface area contributed by atoms with E-state index in [2.05, 4.69) is 10.1 Å². The van der Waals surface area contributed by atoms with Crippen molar-refractivity contribution in [1.29, 1.82) is 0 Å². The Labute approximate surface area is 50.8 Å². The zero-order valence-corrected chi connectivity index (χ0v) is 4.93. The summed E-state index contributed by atoms with van der Waals surface area (Å²) in [7, 11) is 0. The monoisotopic (exact) mass is 126 g/mol. The highest BCUT2D eigenvalue weighted by Crippen LogP contribution is 2.12. The van der Waals surface area contributed by atoms with E-state index in [4.69, 9.17) is 0 Å². The Hall–Kier alpha value is -0.640. The van der Waals surface area contributed by atoms with E-state index in [1.807, 2.05) is 6.21 Å². The number of fused-ring (bicyclic) bond motifs is 1. The van der Waals surface area contributed by atoms with Crippen LogP contribution < -0.4 is 0 Å². The van der Waals surface area contributed by atoms with Gasteiger partial charge in [0.1, 0.15) is 6.21 Å². The van der Waals surface area contributed by atoms with Crippen molar-refractivity contribution >= 4 is 29.5 Å². The van der Waals surface area contributed by atoms with Crippen molar-refractivity contribution in [2.45, 2.75) is 0 Å². The lowest BCUT2D eigenvalue weighted by atomic mass is 10.9. The maximum absolute atomic E-state index is 3.98. The van der Waals surface area contributed by atoms with Crippen molar-refractivity contribution in [3.05, 3.63) is 0 Å². The van der Waals surface area contributed by atoms with E-state index < -0.39 is 0 Å². The van der Waals surface area contributed by atoms with Gasteiger partial charge >= 0.3 is 5.17 Å². The Morgan fingerprint density at radius 3 is 3.62 bits per heavy atom. The van der Waals surface area contributed by atoms with Crippen LogP contribution >= 0.6 is 11.8 Å². The number of hydrogen-bond donors (Lipinski definition) is 0. The molecule has 0 aromatic rings. The molecule has 0 saturated heterocycles. The predicted molar refractivity (Wildman–Crippen MR) is 34.7 cm³/mol. The van der Waals surface area contributed by atoms with Gasteiger partial charge in [0, 0.05) is 0 Å². The standard InChI is InChI=1S/C4H4N3S/c1-2-8-4-5-3-6-7(1)4/h1,3H,2H2/q+1. The summed E-state index contributed by atoms with van der Waals surface area (Å²) >= 11 is 1.71. The van der Waals surface area contributed by atoms with E-state index in [1.165, 1.54) is 0 Å². The fourth-order valence-corrected chi connectivity index (χ4v) is 1.39. The highest BCUT2D eigenvalue weighted by atomic mass is 32.2. The summed E-state index contributed by atoms with van der Waals surface area (Å²) in [6, 6.07) is 0. The maximum atomic E-state index is 3.98. The molecule has 0 aliphatic carbocycles. The second-order valence-corrected chi connectivity index (χ2v) is 2.47. The van der Waals surface area contributed by atoms with Gasteiger partial charge in [0.2, 0.25) is 0 Å². The molecule has 0 N–H and O–H groups in total. The molecular weight excluding hydrogens is 122 g/mol. The lowest BCUT2D eigenvalue weighted by Crippen LogP contribution is -2.00. The van der Waals surface area contributed by atoms with Crippen LogP contribution in [0.2, 0.25) is 0 Å². The van der Waals surface area contributed by atoms with Crippen LogP contribution in [0.1, 0.15) is 0 Å². The smallest absolute Gasteiger partial charge is 0.0954 e. The van der Waals surface area contributed by atoms with E-state index >= 15 is 0 Å². The molecule has 2 aliphatic rings. The van der Waals surface area contributed by atoms with Gasteiger partial charge in [-0.1, -0.05) is 4.68 Å². The van der Waals surface area contributed by atoms with Crippen molar-refractivity contribution in [2.24, 2.45) is 10.1 Å². The topological polar surface area (TPSA) is 27.7 Å². The summed E-state index contributed by atoms with van der Waals surface area (Å²) in [6.07, 6.45) is 3.57. The number of thioether (sulfide) groups is 1. The molecule has 3 nitrogen and oxygen atoms in total. The second kappa shape index (κ2) is 1.42. The van der Waals surface area contributed by atoms with Gasteiger partial charge in [0.05, 0.1) is 5.75 Å². The molecule has 2 aliphatic heterocycles. The molecule has 8 heavy (non-hydrogen) atoms. The van der Waals surface area contributed by atoms with E-state index in [0.717, 1.165) is 10.9 Å². The number of hydrogen-bond acceptors (Lipinski definition) is 3. The van der Waals surface area contributed by atoms with E-state index in [-0.39, 0.29) is 0 Å². The van der Waals surface area contributed by atoms with Crippen LogP contribution in [-0.4, -0.2) is 28.2 Å². The number of amidine groups is 1. The average Bonchev–Trinajstić information content (AvgIpc) is 2.15. The van der Waals surface area contributed by atoms with Gasteiger partial charge in [-0.15, -0.1) is 0 Å². The first kappa shape index (κ1) is 4.26. The number of aliphatic imine (C=N–C) groups is 1. The Morgan fingerprint density at radius 2 is 2.75 bits per heavy atom. The van der Waals surface area contributed by atoms with Crippen LogP contribution in [0.25, 0.3) is 0 Å². The first-order valence-corrected chi connectivity index (χ1v) is 3.31. The predicted octanol–water partition coefficient (Wildman–Crippen LogP) is 0.129. The molecule has 0 spiro atoms. The fraction of sp³-hybridized carbons (Fsp3) is 0.250. The van der Waals surface area contributed by atoms with Crippen LogP contribution in [0.4, 0.5) is 0 Å². The number of hydrazone groups is 1. The van der Waals surface area contributed by atoms with Crippen molar-refractivity contribution in [1.82, 2.24) is 0 Å². The molecule has 0 bridgehead atoms. The van der Waals surface area contributed by atoms with Gasteiger partial charge in [0.15, 0.2) is 0 Å². The van der Waals surface area contributed by atoms with Crippen LogP contribution in [0.5, 0.6) is 0 Å². The molecule has 0 aromatic carbocycles. The van der Waals surface area contributed by atoms with Crippen molar-refractivity contribution in [2.75, 3.05) is 5.75 Å². The molecule has 40 valence electrons. The van der Waals surface area contributed by atoms with Crippen molar-refractivity contribution in [3.8, 4) is 0 Å². The van der Waals surface area contributed by atoms with Gasteiger partial charge in [-0.3, -0.25) is 0 Å². The molecule has 0 radical (unpaired) electrons. The first-order valence-electron chi connectivity index (χ1n) is 2.32. The minimum Gasteiger partial charge on any atom is -0.0954 e. The zero-order valence-electron chi connectivity index (χ0n) is 4.11. The minimum atomic E-state index is 1.00. The van der Waals surface area contributed by atoms with E-state index in [9.17, 15) is 0 Å². The molecule has 0 amide bonds. The Bertz CT molecular complexity index is 203. The molecule has 0 unspecified atom stereocenters. The molecule has 0 fully saturated rings. The first-order chi connectivity index (χ1) is 3.97.